The van der Waals surface area contributed by atoms with Crippen molar-refractivity contribution < 1.29 is 26.9 Å². The maximum atomic E-state index is 13.3. The third-order valence-corrected chi connectivity index (χ3v) is 4.90. The molecule has 2 aromatic rings. The summed E-state index contributed by atoms with van der Waals surface area (Å²) in [6, 6.07) is 3.89. The molecular formula is C17H20BF3O3. The summed E-state index contributed by atoms with van der Waals surface area (Å²) in [5.74, 6) is 0.627. The fourth-order valence-corrected chi connectivity index (χ4v) is 2.72. The summed E-state index contributed by atoms with van der Waals surface area (Å²) in [4.78, 5) is 0. The third-order valence-electron chi connectivity index (χ3n) is 4.90. The van der Waals surface area contributed by atoms with Crippen LogP contribution in [0, 0.1) is 0 Å². The number of hydrogen-bond donors (Lipinski definition) is 0. The lowest BCUT2D eigenvalue weighted by Crippen LogP contribution is -2.41. The van der Waals surface area contributed by atoms with Gasteiger partial charge in [0.25, 0.3) is 0 Å². The molecule has 1 aromatic heterocycles. The first kappa shape index (κ1) is 17.4. The molecule has 3 nitrogen and oxygen atoms in total. The Morgan fingerprint density at radius 3 is 2.08 bits per heavy atom. The predicted molar refractivity (Wildman–Crippen MR) is 86.3 cm³/mol. The Morgan fingerprint density at radius 2 is 1.58 bits per heavy atom. The molecule has 0 amide bonds. The lowest BCUT2D eigenvalue weighted by atomic mass is 9.76. The summed E-state index contributed by atoms with van der Waals surface area (Å²) in [6.45, 7) is 9.35. The summed E-state index contributed by atoms with van der Waals surface area (Å²) in [5, 5.41) is 0.596. The summed E-state index contributed by atoms with van der Waals surface area (Å²) >= 11 is 0. The van der Waals surface area contributed by atoms with Crippen LogP contribution in [0.15, 0.2) is 22.6 Å². The van der Waals surface area contributed by atoms with Crippen LogP contribution < -0.4 is 5.46 Å². The van der Waals surface area contributed by atoms with E-state index in [9.17, 15) is 13.2 Å². The van der Waals surface area contributed by atoms with E-state index in [1.807, 2.05) is 34.6 Å². The normalized spacial score (nSPS) is 20.1. The Morgan fingerprint density at radius 1 is 1.00 bits per heavy atom. The predicted octanol–water partition coefficient (Wildman–Crippen LogP) is 4.31. The van der Waals surface area contributed by atoms with E-state index in [1.54, 1.807) is 6.07 Å². The van der Waals surface area contributed by atoms with Crippen molar-refractivity contribution in [2.45, 2.75) is 58.4 Å². The number of fused-ring (bicyclic) bond motifs is 1. The number of halogens is 3. The van der Waals surface area contributed by atoms with Crippen LogP contribution in [0.25, 0.3) is 11.0 Å². The van der Waals surface area contributed by atoms with Gasteiger partial charge < -0.3 is 13.7 Å². The highest BCUT2D eigenvalue weighted by Crippen LogP contribution is 2.38. The Labute approximate surface area is 139 Å². The molecule has 0 atom stereocenters. The standard InChI is InChI=1S/C17H20BF3O3/c1-6-11-9-12-13(18-23-15(2,3)16(4,5)24-18)7-10(17(19,20)21)8-14(12)22-11/h7-9H,6H2,1-5H3. The molecule has 0 spiro atoms. The minimum absolute atomic E-state index is 0.200. The fourth-order valence-electron chi connectivity index (χ4n) is 2.72. The topological polar surface area (TPSA) is 31.6 Å². The molecule has 0 radical (unpaired) electrons. The van der Waals surface area contributed by atoms with Crippen LogP contribution in [-0.4, -0.2) is 18.3 Å². The molecule has 2 heterocycles. The fraction of sp³-hybridized carbons (Fsp3) is 0.529. The van der Waals surface area contributed by atoms with Gasteiger partial charge in [-0.3, -0.25) is 0 Å². The SMILES string of the molecule is CCc1cc2c(B3OC(C)(C)C(C)(C)O3)cc(C(F)(F)F)cc2o1. The third kappa shape index (κ3) is 2.73. The lowest BCUT2D eigenvalue weighted by molar-refractivity contribution is -0.137. The highest BCUT2D eigenvalue weighted by Gasteiger charge is 2.52. The Balaban J connectivity index is 2.17. The first-order valence-corrected chi connectivity index (χ1v) is 7.94. The van der Waals surface area contributed by atoms with Crippen molar-refractivity contribution in [2.75, 3.05) is 0 Å². The molecule has 3 rings (SSSR count). The second-order valence-corrected chi connectivity index (χ2v) is 7.13. The minimum Gasteiger partial charge on any atom is -0.461 e. The molecular weight excluding hydrogens is 320 g/mol. The minimum atomic E-state index is -4.47. The molecule has 0 unspecified atom stereocenters. The van der Waals surface area contributed by atoms with E-state index < -0.39 is 30.1 Å². The summed E-state index contributed by atoms with van der Waals surface area (Å²) in [5.41, 5.74) is -1.48. The molecule has 0 saturated carbocycles. The van der Waals surface area contributed by atoms with E-state index in [2.05, 4.69) is 0 Å². The van der Waals surface area contributed by atoms with Crippen molar-refractivity contribution in [3.63, 3.8) is 0 Å². The number of aryl methyl sites for hydroxylation is 1. The summed E-state index contributed by atoms with van der Waals surface area (Å²) < 4.78 is 57.2. The van der Waals surface area contributed by atoms with Crippen LogP contribution >= 0.6 is 0 Å². The van der Waals surface area contributed by atoms with Gasteiger partial charge in [-0.25, -0.2) is 0 Å². The zero-order valence-corrected chi connectivity index (χ0v) is 14.4. The van der Waals surface area contributed by atoms with Crippen molar-refractivity contribution in [3.05, 3.63) is 29.5 Å². The molecule has 1 fully saturated rings. The molecule has 1 saturated heterocycles. The molecule has 1 aliphatic heterocycles. The van der Waals surface area contributed by atoms with Crippen LogP contribution in [0.4, 0.5) is 13.2 Å². The van der Waals surface area contributed by atoms with Crippen molar-refractivity contribution in [2.24, 2.45) is 0 Å². The van der Waals surface area contributed by atoms with Gasteiger partial charge in [0.1, 0.15) is 11.3 Å². The number of rotatable bonds is 2. The van der Waals surface area contributed by atoms with Gasteiger partial charge in [-0.05, 0) is 51.4 Å². The molecule has 130 valence electrons. The van der Waals surface area contributed by atoms with E-state index in [4.69, 9.17) is 13.7 Å². The van der Waals surface area contributed by atoms with Gasteiger partial charge >= 0.3 is 13.3 Å². The second-order valence-electron chi connectivity index (χ2n) is 7.13. The van der Waals surface area contributed by atoms with Crippen molar-refractivity contribution in [1.29, 1.82) is 0 Å². The first-order valence-electron chi connectivity index (χ1n) is 7.94. The van der Waals surface area contributed by atoms with Gasteiger partial charge in [0.15, 0.2) is 0 Å². The number of benzene rings is 1. The van der Waals surface area contributed by atoms with Crippen molar-refractivity contribution in [1.82, 2.24) is 0 Å². The second kappa shape index (κ2) is 5.26. The van der Waals surface area contributed by atoms with Gasteiger partial charge in [-0.15, -0.1) is 0 Å². The number of alkyl halides is 3. The van der Waals surface area contributed by atoms with Gasteiger partial charge in [-0.1, -0.05) is 6.92 Å². The van der Waals surface area contributed by atoms with Crippen LogP contribution in [0.5, 0.6) is 0 Å². The monoisotopic (exact) mass is 340 g/mol. The van der Waals surface area contributed by atoms with E-state index in [1.165, 1.54) is 0 Å². The molecule has 1 aromatic carbocycles. The van der Waals surface area contributed by atoms with Gasteiger partial charge in [0, 0.05) is 11.8 Å². The average Bonchev–Trinajstić information content (AvgIpc) is 2.95. The zero-order valence-electron chi connectivity index (χ0n) is 14.4. The maximum Gasteiger partial charge on any atom is 0.495 e. The summed E-state index contributed by atoms with van der Waals surface area (Å²) in [6.07, 6.45) is -3.87. The average molecular weight is 340 g/mol. The molecule has 0 aliphatic carbocycles. The Bertz CT molecular complexity index is 761. The number of hydrogen-bond acceptors (Lipinski definition) is 3. The molecule has 24 heavy (non-hydrogen) atoms. The smallest absolute Gasteiger partial charge is 0.461 e. The molecule has 7 heteroatoms. The lowest BCUT2D eigenvalue weighted by Gasteiger charge is -2.32. The van der Waals surface area contributed by atoms with E-state index in [0.717, 1.165) is 12.1 Å². The summed E-state index contributed by atoms with van der Waals surface area (Å²) in [7, 11) is -0.873. The Kier molecular flexibility index (Phi) is 3.81. The zero-order chi connectivity index (χ0) is 17.9. The van der Waals surface area contributed by atoms with Gasteiger partial charge in [-0.2, -0.15) is 13.2 Å². The first-order chi connectivity index (χ1) is 10.9. The van der Waals surface area contributed by atoms with Crippen LogP contribution in [0.2, 0.25) is 0 Å². The van der Waals surface area contributed by atoms with Crippen LogP contribution in [-0.2, 0) is 21.9 Å². The van der Waals surface area contributed by atoms with E-state index in [0.29, 0.717) is 23.0 Å². The highest BCUT2D eigenvalue weighted by atomic mass is 19.4. The highest BCUT2D eigenvalue weighted by molar-refractivity contribution is 6.65. The molecule has 1 aliphatic rings. The Hall–Kier alpha value is -1.47. The van der Waals surface area contributed by atoms with Crippen molar-refractivity contribution in [3.8, 4) is 0 Å². The molecule has 0 bridgehead atoms. The number of furan rings is 1. The van der Waals surface area contributed by atoms with Crippen LogP contribution in [0.1, 0.15) is 45.9 Å². The van der Waals surface area contributed by atoms with Crippen molar-refractivity contribution >= 4 is 23.6 Å². The van der Waals surface area contributed by atoms with E-state index in [-0.39, 0.29) is 5.58 Å². The largest absolute Gasteiger partial charge is 0.495 e. The van der Waals surface area contributed by atoms with Gasteiger partial charge in [0.2, 0.25) is 0 Å². The van der Waals surface area contributed by atoms with Gasteiger partial charge in [0.05, 0.1) is 16.8 Å². The maximum absolute atomic E-state index is 13.3. The quantitative estimate of drug-likeness (QED) is 0.764. The molecule has 0 N–H and O–H groups in total. The van der Waals surface area contributed by atoms with Crippen LogP contribution in [0.3, 0.4) is 0 Å². The van der Waals surface area contributed by atoms with E-state index >= 15 is 0 Å².